The Morgan fingerprint density at radius 1 is 1.30 bits per heavy atom. The fourth-order valence-electron chi connectivity index (χ4n) is 1.14. The summed E-state index contributed by atoms with van der Waals surface area (Å²) in [6.45, 7) is 7.31. The Balaban J connectivity index is 2.90. The summed E-state index contributed by atoms with van der Waals surface area (Å²) in [6.07, 6.45) is 0. The monoisotopic (exact) mass is 138 g/mol. The summed E-state index contributed by atoms with van der Waals surface area (Å²) in [5, 5.41) is 6.28. The van der Waals surface area contributed by atoms with Crippen molar-refractivity contribution in [3.8, 4) is 0 Å². The molecular weight excluding hydrogens is 124 g/mol. The number of likely N-dealkylation sites (N-methyl/N-ethyl adjacent to an activating group) is 1. The van der Waals surface area contributed by atoms with Crippen molar-refractivity contribution in [3.63, 3.8) is 0 Å². The topological polar surface area (TPSA) is 15.6 Å². The highest BCUT2D eigenvalue weighted by Crippen LogP contribution is 2.12. The van der Waals surface area contributed by atoms with E-state index >= 15 is 0 Å². The van der Waals surface area contributed by atoms with Gasteiger partial charge in [0, 0.05) is 7.05 Å². The smallest absolute Gasteiger partial charge is 0.0603 e. The van der Waals surface area contributed by atoms with Crippen LogP contribution in [0.4, 0.5) is 0 Å². The van der Waals surface area contributed by atoms with Gasteiger partial charge in [-0.1, -0.05) is 0 Å². The number of rotatable bonds is 0. The molecule has 0 saturated carbocycles. The van der Waals surface area contributed by atoms with E-state index < -0.39 is 0 Å². The molecule has 2 heteroatoms. The normalized spacial score (nSPS) is 19.6. The van der Waals surface area contributed by atoms with E-state index in [9.17, 15) is 0 Å². The van der Waals surface area contributed by atoms with Gasteiger partial charge in [0.1, 0.15) is 0 Å². The van der Waals surface area contributed by atoms with Crippen LogP contribution in [0.5, 0.6) is 0 Å². The maximum absolute atomic E-state index is 4.31. The minimum atomic E-state index is 0.975. The van der Waals surface area contributed by atoms with E-state index in [0.717, 1.165) is 12.3 Å². The van der Waals surface area contributed by atoms with Crippen molar-refractivity contribution in [2.24, 2.45) is 5.10 Å². The zero-order valence-corrected chi connectivity index (χ0v) is 7.10. The average Bonchev–Trinajstić information content (AvgIpc) is 1.82. The van der Waals surface area contributed by atoms with Gasteiger partial charge in [0.25, 0.3) is 0 Å². The summed E-state index contributed by atoms with van der Waals surface area (Å²) < 4.78 is 0. The zero-order valence-electron chi connectivity index (χ0n) is 7.10. The van der Waals surface area contributed by atoms with Crippen LogP contribution in [0.2, 0.25) is 0 Å². The number of hydrazone groups is 1. The van der Waals surface area contributed by atoms with Crippen LogP contribution in [0.15, 0.2) is 16.2 Å². The lowest BCUT2D eigenvalue weighted by molar-refractivity contribution is 0.379. The molecule has 0 aromatic carbocycles. The van der Waals surface area contributed by atoms with E-state index in [1.165, 1.54) is 11.1 Å². The fourth-order valence-corrected chi connectivity index (χ4v) is 1.14. The highest BCUT2D eigenvalue weighted by Gasteiger charge is 2.08. The van der Waals surface area contributed by atoms with Gasteiger partial charge in [-0.25, -0.2) is 0 Å². The van der Waals surface area contributed by atoms with E-state index in [2.05, 4.69) is 25.9 Å². The van der Waals surface area contributed by atoms with E-state index in [1.54, 1.807) is 0 Å². The third-order valence-corrected chi connectivity index (χ3v) is 1.97. The van der Waals surface area contributed by atoms with Crippen LogP contribution in [0.3, 0.4) is 0 Å². The van der Waals surface area contributed by atoms with Gasteiger partial charge in [-0.15, -0.1) is 0 Å². The summed E-state index contributed by atoms with van der Waals surface area (Å²) in [4.78, 5) is 0. The lowest BCUT2D eigenvalue weighted by Gasteiger charge is -2.21. The van der Waals surface area contributed by atoms with Gasteiger partial charge in [-0.2, -0.15) is 5.10 Å². The first-order valence-electron chi connectivity index (χ1n) is 3.54. The molecule has 0 amide bonds. The second kappa shape index (κ2) is 2.45. The molecule has 1 aliphatic rings. The zero-order chi connectivity index (χ0) is 7.72. The standard InChI is InChI=1S/C8H14N2/c1-6-5-10(4)9-8(3)7(6)2/h5H2,1-4H3. The summed E-state index contributed by atoms with van der Waals surface area (Å²) in [6, 6.07) is 0. The van der Waals surface area contributed by atoms with Crippen molar-refractivity contribution in [2.75, 3.05) is 13.6 Å². The predicted molar refractivity (Wildman–Crippen MR) is 44.1 cm³/mol. The van der Waals surface area contributed by atoms with Crippen LogP contribution >= 0.6 is 0 Å². The van der Waals surface area contributed by atoms with Crippen molar-refractivity contribution in [3.05, 3.63) is 11.1 Å². The average molecular weight is 138 g/mol. The van der Waals surface area contributed by atoms with Crippen molar-refractivity contribution in [1.29, 1.82) is 0 Å². The van der Waals surface area contributed by atoms with Gasteiger partial charge < -0.3 is 0 Å². The third-order valence-electron chi connectivity index (χ3n) is 1.97. The Bertz CT molecular complexity index is 201. The SMILES string of the molecule is CC1=NN(C)CC(C)=C1C. The number of allylic oxidation sites excluding steroid dienone is 1. The number of hydrogen-bond acceptors (Lipinski definition) is 2. The van der Waals surface area contributed by atoms with E-state index in [1.807, 2.05) is 12.1 Å². The third kappa shape index (κ3) is 1.20. The van der Waals surface area contributed by atoms with E-state index in [4.69, 9.17) is 0 Å². The first-order valence-corrected chi connectivity index (χ1v) is 3.54. The minimum absolute atomic E-state index is 0.975. The molecule has 1 rings (SSSR count). The molecule has 0 radical (unpaired) electrons. The molecule has 1 heterocycles. The summed E-state index contributed by atoms with van der Waals surface area (Å²) in [5.74, 6) is 0. The van der Waals surface area contributed by atoms with Crippen molar-refractivity contribution >= 4 is 5.71 Å². The molecule has 0 aromatic heterocycles. The molecule has 2 nitrogen and oxygen atoms in total. The Labute approximate surface area is 62.2 Å². The minimum Gasteiger partial charge on any atom is -0.296 e. The maximum atomic E-state index is 4.31. The molecule has 1 aliphatic heterocycles. The van der Waals surface area contributed by atoms with Gasteiger partial charge in [-0.3, -0.25) is 5.01 Å². The molecule has 10 heavy (non-hydrogen) atoms. The lowest BCUT2D eigenvalue weighted by Crippen LogP contribution is -2.22. The highest BCUT2D eigenvalue weighted by atomic mass is 15.4. The van der Waals surface area contributed by atoms with Gasteiger partial charge in [0.05, 0.1) is 12.3 Å². The molecule has 0 atom stereocenters. The second-order valence-electron chi connectivity index (χ2n) is 2.91. The Kier molecular flexibility index (Phi) is 1.79. The lowest BCUT2D eigenvalue weighted by atomic mass is 10.1. The van der Waals surface area contributed by atoms with Crippen LogP contribution < -0.4 is 0 Å². The van der Waals surface area contributed by atoms with Gasteiger partial charge in [0.2, 0.25) is 0 Å². The molecule has 0 aromatic rings. The summed E-state index contributed by atoms with van der Waals surface area (Å²) in [7, 11) is 2.00. The van der Waals surface area contributed by atoms with Crippen molar-refractivity contribution in [2.45, 2.75) is 20.8 Å². The Hall–Kier alpha value is -0.790. The quantitative estimate of drug-likeness (QED) is 0.497. The van der Waals surface area contributed by atoms with Crippen LogP contribution in [-0.4, -0.2) is 24.3 Å². The predicted octanol–water partition coefficient (Wildman–Crippen LogP) is 1.64. The van der Waals surface area contributed by atoms with Gasteiger partial charge in [-0.05, 0) is 31.9 Å². The van der Waals surface area contributed by atoms with Crippen molar-refractivity contribution < 1.29 is 0 Å². The van der Waals surface area contributed by atoms with Crippen LogP contribution in [0.1, 0.15) is 20.8 Å². The van der Waals surface area contributed by atoms with Crippen molar-refractivity contribution in [1.82, 2.24) is 5.01 Å². The molecule has 0 unspecified atom stereocenters. The molecule has 56 valence electrons. The molecule has 0 spiro atoms. The summed E-state index contributed by atoms with van der Waals surface area (Å²) in [5.41, 5.74) is 3.92. The van der Waals surface area contributed by atoms with Crippen LogP contribution in [-0.2, 0) is 0 Å². The van der Waals surface area contributed by atoms with Gasteiger partial charge >= 0.3 is 0 Å². The van der Waals surface area contributed by atoms with Crippen LogP contribution in [0, 0.1) is 0 Å². The Morgan fingerprint density at radius 2 is 1.90 bits per heavy atom. The largest absolute Gasteiger partial charge is 0.296 e. The molecule has 0 aliphatic carbocycles. The van der Waals surface area contributed by atoms with Crippen LogP contribution in [0.25, 0.3) is 0 Å². The second-order valence-corrected chi connectivity index (χ2v) is 2.91. The number of nitrogens with zero attached hydrogens (tertiary/aromatic N) is 2. The first kappa shape index (κ1) is 7.32. The fraction of sp³-hybridized carbons (Fsp3) is 0.625. The highest BCUT2D eigenvalue weighted by molar-refractivity contribution is 5.98. The van der Waals surface area contributed by atoms with Gasteiger partial charge in [0.15, 0.2) is 0 Å². The maximum Gasteiger partial charge on any atom is 0.0603 e. The molecule has 0 fully saturated rings. The summed E-state index contributed by atoms with van der Waals surface area (Å²) >= 11 is 0. The number of hydrogen-bond donors (Lipinski definition) is 0. The molecule has 0 N–H and O–H groups in total. The first-order chi connectivity index (χ1) is 4.61. The molecule has 0 saturated heterocycles. The van der Waals surface area contributed by atoms with E-state index in [0.29, 0.717) is 0 Å². The Morgan fingerprint density at radius 3 is 2.40 bits per heavy atom. The molecule has 0 bridgehead atoms. The van der Waals surface area contributed by atoms with E-state index in [-0.39, 0.29) is 0 Å². The molecular formula is C8H14N2.